The Balaban J connectivity index is 1.89. The lowest BCUT2D eigenvalue weighted by atomic mass is 10.1. The molecule has 0 atom stereocenters. The van der Waals surface area contributed by atoms with E-state index in [1.165, 1.54) is 0 Å². The zero-order valence-electron chi connectivity index (χ0n) is 12.8. The first-order valence-corrected chi connectivity index (χ1v) is 7.25. The first-order chi connectivity index (χ1) is 11.1. The van der Waals surface area contributed by atoms with Gasteiger partial charge in [-0.2, -0.15) is 0 Å². The van der Waals surface area contributed by atoms with E-state index in [-0.39, 0.29) is 5.91 Å². The number of rotatable bonds is 6. The van der Waals surface area contributed by atoms with Crippen LogP contribution in [-0.4, -0.2) is 18.5 Å². The van der Waals surface area contributed by atoms with Gasteiger partial charge in [0.25, 0.3) is 5.91 Å². The smallest absolute Gasteiger partial charge is 0.316 e. The van der Waals surface area contributed by atoms with Crippen molar-refractivity contribution in [3.05, 3.63) is 59.7 Å². The minimum Gasteiger partial charge on any atom is -0.494 e. The zero-order valence-corrected chi connectivity index (χ0v) is 12.8. The van der Waals surface area contributed by atoms with Crippen molar-refractivity contribution < 1.29 is 14.3 Å². The van der Waals surface area contributed by atoms with E-state index < -0.39 is 6.03 Å². The van der Waals surface area contributed by atoms with E-state index in [1.807, 2.05) is 19.1 Å². The Morgan fingerprint density at radius 3 is 2.26 bits per heavy atom. The maximum atomic E-state index is 12.1. The van der Waals surface area contributed by atoms with Crippen LogP contribution in [0.2, 0.25) is 0 Å². The molecule has 6 nitrogen and oxygen atoms in total. The maximum Gasteiger partial charge on any atom is 0.316 e. The molecular formula is C17H19N3O3. The number of nitrogens with one attached hydrogen (secondary N) is 2. The average Bonchev–Trinajstić information content (AvgIpc) is 2.54. The molecule has 0 fully saturated rings. The summed E-state index contributed by atoms with van der Waals surface area (Å²) in [6, 6.07) is 13.4. The van der Waals surface area contributed by atoms with Gasteiger partial charge >= 0.3 is 6.03 Å². The number of nitrogens with two attached hydrogens (primary N) is 1. The molecule has 0 saturated carbocycles. The number of primary amides is 1. The zero-order chi connectivity index (χ0) is 16.7. The van der Waals surface area contributed by atoms with Gasteiger partial charge in [-0.25, -0.2) is 4.79 Å². The third kappa shape index (κ3) is 5.03. The van der Waals surface area contributed by atoms with Crippen molar-refractivity contribution in [3.8, 4) is 5.75 Å². The summed E-state index contributed by atoms with van der Waals surface area (Å²) in [7, 11) is 0. The Kier molecular flexibility index (Phi) is 5.57. The van der Waals surface area contributed by atoms with Crippen LogP contribution in [0.3, 0.4) is 0 Å². The van der Waals surface area contributed by atoms with Crippen LogP contribution in [0, 0.1) is 0 Å². The highest BCUT2D eigenvalue weighted by Gasteiger charge is 2.05. The van der Waals surface area contributed by atoms with Crippen LogP contribution in [0.1, 0.15) is 22.8 Å². The summed E-state index contributed by atoms with van der Waals surface area (Å²) < 4.78 is 5.34. The normalized spacial score (nSPS) is 9.96. The van der Waals surface area contributed by atoms with Gasteiger partial charge in [0.2, 0.25) is 0 Å². The molecule has 0 aliphatic rings. The van der Waals surface area contributed by atoms with E-state index in [0.717, 1.165) is 11.3 Å². The van der Waals surface area contributed by atoms with Gasteiger partial charge in [-0.05, 0) is 48.9 Å². The highest BCUT2D eigenvalue weighted by atomic mass is 16.5. The molecule has 2 aromatic carbocycles. The van der Waals surface area contributed by atoms with E-state index in [1.54, 1.807) is 36.4 Å². The van der Waals surface area contributed by atoms with Crippen LogP contribution in [0.4, 0.5) is 10.5 Å². The average molecular weight is 313 g/mol. The highest BCUT2D eigenvalue weighted by molar-refractivity contribution is 5.94. The van der Waals surface area contributed by atoms with Gasteiger partial charge in [0.1, 0.15) is 5.75 Å². The van der Waals surface area contributed by atoms with Crippen molar-refractivity contribution in [1.29, 1.82) is 0 Å². The Bertz CT molecular complexity index is 666. The van der Waals surface area contributed by atoms with Gasteiger partial charge in [-0.3, -0.25) is 4.79 Å². The number of hydrogen-bond acceptors (Lipinski definition) is 3. The second-order valence-electron chi connectivity index (χ2n) is 4.83. The number of ether oxygens (including phenoxy) is 1. The molecule has 0 radical (unpaired) electrons. The molecule has 120 valence electrons. The van der Waals surface area contributed by atoms with Crippen LogP contribution in [0.25, 0.3) is 0 Å². The molecule has 2 aromatic rings. The number of urea groups is 1. The fourth-order valence-electron chi connectivity index (χ4n) is 2.00. The van der Waals surface area contributed by atoms with Crippen molar-refractivity contribution in [2.75, 3.05) is 11.9 Å². The molecule has 0 spiro atoms. The topological polar surface area (TPSA) is 93.4 Å². The second-order valence-corrected chi connectivity index (χ2v) is 4.83. The number of carbonyl (C=O) groups excluding carboxylic acids is 2. The summed E-state index contributed by atoms with van der Waals surface area (Å²) in [5.74, 6) is 0.578. The summed E-state index contributed by atoms with van der Waals surface area (Å²) in [5.41, 5.74) is 7.14. The molecule has 0 unspecified atom stereocenters. The third-order valence-corrected chi connectivity index (χ3v) is 3.10. The van der Waals surface area contributed by atoms with E-state index in [2.05, 4.69) is 10.6 Å². The highest BCUT2D eigenvalue weighted by Crippen LogP contribution is 2.13. The molecule has 0 aliphatic heterocycles. The summed E-state index contributed by atoms with van der Waals surface area (Å²) in [4.78, 5) is 22.8. The fourth-order valence-corrected chi connectivity index (χ4v) is 2.00. The molecule has 2 rings (SSSR count). The number of carbonyl (C=O) groups is 2. The molecule has 0 saturated heterocycles. The lowest BCUT2D eigenvalue weighted by Crippen LogP contribution is -2.22. The first-order valence-electron chi connectivity index (χ1n) is 7.25. The quantitative estimate of drug-likeness (QED) is 0.765. The van der Waals surface area contributed by atoms with Crippen LogP contribution in [-0.2, 0) is 6.54 Å². The lowest BCUT2D eigenvalue weighted by Gasteiger charge is -2.08. The van der Waals surface area contributed by atoms with Gasteiger partial charge in [0.15, 0.2) is 0 Å². The van der Waals surface area contributed by atoms with E-state index in [4.69, 9.17) is 10.5 Å². The van der Waals surface area contributed by atoms with Crippen LogP contribution in [0.5, 0.6) is 5.75 Å². The van der Waals surface area contributed by atoms with Crippen molar-refractivity contribution in [2.24, 2.45) is 5.73 Å². The molecule has 0 heterocycles. The summed E-state index contributed by atoms with van der Waals surface area (Å²) in [6.45, 7) is 2.89. The molecule has 3 amide bonds. The number of anilines is 1. The van der Waals surface area contributed by atoms with Gasteiger partial charge < -0.3 is 21.1 Å². The predicted molar refractivity (Wildman–Crippen MR) is 88.4 cm³/mol. The summed E-state index contributed by atoms with van der Waals surface area (Å²) in [6.07, 6.45) is 0. The molecule has 0 bridgehead atoms. The van der Waals surface area contributed by atoms with Gasteiger partial charge in [0, 0.05) is 17.8 Å². The lowest BCUT2D eigenvalue weighted by molar-refractivity contribution is 0.0951. The Hall–Kier alpha value is -3.02. The minimum atomic E-state index is -0.610. The molecule has 0 aromatic heterocycles. The van der Waals surface area contributed by atoms with E-state index in [9.17, 15) is 9.59 Å². The van der Waals surface area contributed by atoms with Gasteiger partial charge in [0.05, 0.1) is 6.61 Å². The largest absolute Gasteiger partial charge is 0.494 e. The molecule has 0 aliphatic carbocycles. The number of hydrogen-bond donors (Lipinski definition) is 3. The standard InChI is InChI=1S/C17H19N3O3/c1-2-23-15-9-5-13(6-10-15)16(21)19-11-12-3-7-14(8-4-12)20-17(18)22/h3-10H,2,11H2,1H3,(H,19,21)(H3,18,20,22). The fraction of sp³-hybridized carbons (Fsp3) is 0.176. The Morgan fingerprint density at radius 2 is 1.70 bits per heavy atom. The van der Waals surface area contributed by atoms with E-state index >= 15 is 0 Å². The molecule has 4 N–H and O–H groups in total. The van der Waals surface area contributed by atoms with Crippen molar-refractivity contribution in [1.82, 2.24) is 5.32 Å². The molecule has 23 heavy (non-hydrogen) atoms. The van der Waals surface area contributed by atoms with Crippen LogP contribution in [0.15, 0.2) is 48.5 Å². The van der Waals surface area contributed by atoms with Crippen LogP contribution >= 0.6 is 0 Å². The number of benzene rings is 2. The monoisotopic (exact) mass is 313 g/mol. The van der Waals surface area contributed by atoms with E-state index in [0.29, 0.717) is 24.4 Å². The summed E-state index contributed by atoms with van der Waals surface area (Å²) in [5, 5.41) is 5.31. The minimum absolute atomic E-state index is 0.160. The predicted octanol–water partition coefficient (Wildman–Crippen LogP) is 2.51. The molecular weight excluding hydrogens is 294 g/mol. The van der Waals surface area contributed by atoms with Gasteiger partial charge in [-0.15, -0.1) is 0 Å². The SMILES string of the molecule is CCOc1ccc(C(=O)NCc2ccc(NC(N)=O)cc2)cc1. The Morgan fingerprint density at radius 1 is 1.04 bits per heavy atom. The molecule has 6 heteroatoms. The van der Waals surface area contributed by atoms with Crippen molar-refractivity contribution >= 4 is 17.6 Å². The van der Waals surface area contributed by atoms with Crippen molar-refractivity contribution in [3.63, 3.8) is 0 Å². The second kappa shape index (κ2) is 7.84. The van der Waals surface area contributed by atoms with Gasteiger partial charge in [-0.1, -0.05) is 12.1 Å². The summed E-state index contributed by atoms with van der Waals surface area (Å²) >= 11 is 0. The maximum absolute atomic E-state index is 12.1. The number of amides is 3. The van der Waals surface area contributed by atoms with Crippen molar-refractivity contribution in [2.45, 2.75) is 13.5 Å². The first kappa shape index (κ1) is 16.4. The Labute approximate surface area is 134 Å². The third-order valence-electron chi connectivity index (χ3n) is 3.10. The van der Waals surface area contributed by atoms with Crippen LogP contribution < -0.4 is 21.1 Å².